The van der Waals surface area contributed by atoms with Crippen LogP contribution in [0, 0.1) is 5.92 Å². The molecule has 1 N–H and O–H groups in total. The lowest BCUT2D eigenvalue weighted by Crippen LogP contribution is -2.35. The highest BCUT2D eigenvalue weighted by Crippen LogP contribution is 2.43. The number of hydrogen-bond acceptors (Lipinski definition) is 4. The fraction of sp³-hybridized carbons (Fsp3) is 0.286. The maximum Gasteiger partial charge on any atom is 0.258 e. The molecule has 198 valence electrons. The van der Waals surface area contributed by atoms with Gasteiger partial charge in [-0.2, -0.15) is 0 Å². The zero-order valence-electron chi connectivity index (χ0n) is 20.3. The molecule has 2 atom stereocenters. The molecule has 1 saturated heterocycles. The molecule has 6 nitrogen and oxygen atoms in total. The molecule has 2 unspecified atom stereocenters. The number of benzene rings is 3. The van der Waals surface area contributed by atoms with Crippen molar-refractivity contribution in [3.05, 3.63) is 92.4 Å². The van der Waals surface area contributed by atoms with Crippen molar-refractivity contribution in [3.8, 4) is 0 Å². The van der Waals surface area contributed by atoms with Gasteiger partial charge in [0.1, 0.15) is 0 Å². The highest BCUT2D eigenvalue weighted by Gasteiger charge is 2.38. The molecule has 0 bridgehead atoms. The van der Waals surface area contributed by atoms with E-state index in [2.05, 4.69) is 5.32 Å². The van der Waals surface area contributed by atoms with E-state index in [0.717, 1.165) is 12.0 Å². The van der Waals surface area contributed by atoms with Crippen molar-refractivity contribution in [2.75, 3.05) is 18.4 Å². The first-order valence-corrected chi connectivity index (χ1v) is 15.0. The highest BCUT2D eigenvalue weighted by atomic mass is 35.5. The molecule has 0 spiro atoms. The molecule has 2 amide bonds. The predicted molar refractivity (Wildman–Crippen MR) is 150 cm³/mol. The number of sulfone groups is 1. The van der Waals surface area contributed by atoms with E-state index >= 15 is 0 Å². The Morgan fingerprint density at radius 2 is 1.74 bits per heavy atom. The molecule has 10 heteroatoms. The van der Waals surface area contributed by atoms with Crippen LogP contribution in [0.2, 0.25) is 15.1 Å². The first-order chi connectivity index (χ1) is 18.1. The van der Waals surface area contributed by atoms with Crippen LogP contribution >= 0.6 is 34.8 Å². The number of nitrogens with zero attached hydrogens (tertiary/aromatic N) is 1. The minimum atomic E-state index is -3.83. The van der Waals surface area contributed by atoms with Gasteiger partial charge < -0.3 is 10.2 Å². The molecular formula is C28H25Cl3N2O4S. The maximum atomic E-state index is 13.9. The van der Waals surface area contributed by atoms with Crippen LogP contribution < -0.4 is 5.32 Å². The van der Waals surface area contributed by atoms with Gasteiger partial charge in [0.2, 0.25) is 5.91 Å². The standard InChI is InChI=1S/C28H25Cl3N2O4S/c29-19-4-1-5-21(14-19)38(36,37)25-13-17(16-33-11-3-8-26(33)34)12-18-9-10-20(15-22(18)25)32-28(35)27-23(30)6-2-7-24(27)31/h1-2,4-7,9-10,14-15,17,25H,3,8,11-13,16H2,(H,32,35). The van der Waals surface area contributed by atoms with Gasteiger partial charge in [-0.25, -0.2) is 8.42 Å². The molecule has 0 aromatic heterocycles. The number of halogens is 3. The van der Waals surface area contributed by atoms with Crippen molar-refractivity contribution >= 4 is 62.1 Å². The molecule has 1 fully saturated rings. The Morgan fingerprint density at radius 3 is 2.42 bits per heavy atom. The van der Waals surface area contributed by atoms with Gasteiger partial charge >= 0.3 is 0 Å². The molecule has 1 aliphatic heterocycles. The lowest BCUT2D eigenvalue weighted by molar-refractivity contribution is -0.128. The lowest BCUT2D eigenvalue weighted by atomic mass is 9.83. The molecule has 1 heterocycles. The van der Waals surface area contributed by atoms with E-state index in [9.17, 15) is 18.0 Å². The van der Waals surface area contributed by atoms with Crippen molar-refractivity contribution in [3.63, 3.8) is 0 Å². The number of likely N-dealkylation sites (tertiary alicyclic amines) is 1. The van der Waals surface area contributed by atoms with Crippen molar-refractivity contribution in [2.24, 2.45) is 5.92 Å². The lowest BCUT2D eigenvalue weighted by Gasteiger charge is -2.34. The number of carbonyl (C=O) groups excluding carboxylic acids is 2. The normalized spacial score (nSPS) is 19.3. The molecular weight excluding hydrogens is 567 g/mol. The van der Waals surface area contributed by atoms with E-state index in [1.165, 1.54) is 6.07 Å². The molecule has 38 heavy (non-hydrogen) atoms. The largest absolute Gasteiger partial charge is 0.342 e. The molecule has 1 aliphatic carbocycles. The summed E-state index contributed by atoms with van der Waals surface area (Å²) in [5.41, 5.74) is 2.07. The van der Waals surface area contributed by atoms with Gasteiger partial charge in [-0.15, -0.1) is 0 Å². The van der Waals surface area contributed by atoms with Crippen molar-refractivity contribution < 1.29 is 18.0 Å². The summed E-state index contributed by atoms with van der Waals surface area (Å²) < 4.78 is 27.9. The molecule has 5 rings (SSSR count). The number of amides is 2. The molecule has 0 radical (unpaired) electrons. The smallest absolute Gasteiger partial charge is 0.258 e. The summed E-state index contributed by atoms with van der Waals surface area (Å²) in [6.07, 6.45) is 2.33. The molecule has 3 aromatic carbocycles. The Morgan fingerprint density at radius 1 is 1.00 bits per heavy atom. The van der Waals surface area contributed by atoms with Gasteiger partial charge in [0.25, 0.3) is 5.91 Å². The van der Waals surface area contributed by atoms with E-state index in [1.807, 2.05) is 11.0 Å². The molecule has 0 saturated carbocycles. The number of fused-ring (bicyclic) bond motifs is 1. The Hall–Kier alpha value is -2.58. The third kappa shape index (κ3) is 5.43. The van der Waals surface area contributed by atoms with Gasteiger partial charge in [-0.1, -0.05) is 53.0 Å². The summed E-state index contributed by atoms with van der Waals surface area (Å²) >= 11 is 18.5. The van der Waals surface area contributed by atoms with Crippen molar-refractivity contribution in [1.29, 1.82) is 0 Å². The molecule has 3 aromatic rings. The summed E-state index contributed by atoms with van der Waals surface area (Å²) in [5.74, 6) is -0.400. The molecule has 2 aliphatic rings. The van der Waals surface area contributed by atoms with Gasteiger partial charge in [-0.05, 0) is 78.8 Å². The second kappa shape index (κ2) is 10.9. The van der Waals surface area contributed by atoms with Crippen LogP contribution in [-0.2, 0) is 21.1 Å². The van der Waals surface area contributed by atoms with Crippen molar-refractivity contribution in [1.82, 2.24) is 4.90 Å². The third-order valence-corrected chi connectivity index (χ3v) is 10.1. The van der Waals surface area contributed by atoms with Crippen LogP contribution in [0.15, 0.2) is 65.6 Å². The Labute approximate surface area is 236 Å². The maximum absolute atomic E-state index is 13.9. The predicted octanol–water partition coefficient (Wildman–Crippen LogP) is 6.60. The summed E-state index contributed by atoms with van der Waals surface area (Å²) in [5, 5.41) is 2.71. The van der Waals surface area contributed by atoms with E-state index < -0.39 is 21.0 Å². The van der Waals surface area contributed by atoms with E-state index in [4.69, 9.17) is 34.8 Å². The summed E-state index contributed by atoms with van der Waals surface area (Å²) in [6.45, 7) is 1.22. The number of nitrogens with one attached hydrogen (secondary N) is 1. The number of hydrogen-bond donors (Lipinski definition) is 1. The van der Waals surface area contributed by atoms with Crippen LogP contribution in [0.5, 0.6) is 0 Å². The average Bonchev–Trinajstić information content (AvgIpc) is 3.27. The van der Waals surface area contributed by atoms with Crippen LogP contribution in [0.4, 0.5) is 5.69 Å². The summed E-state index contributed by atoms with van der Waals surface area (Å²) in [7, 11) is -3.83. The van der Waals surface area contributed by atoms with Crippen molar-refractivity contribution in [2.45, 2.75) is 35.8 Å². The summed E-state index contributed by atoms with van der Waals surface area (Å²) in [4.78, 5) is 27.2. The van der Waals surface area contributed by atoms with E-state index in [-0.39, 0.29) is 32.3 Å². The Balaban J connectivity index is 1.51. The van der Waals surface area contributed by atoms with Crippen LogP contribution in [0.25, 0.3) is 0 Å². The summed E-state index contributed by atoms with van der Waals surface area (Å²) in [6, 6.07) is 16.3. The topological polar surface area (TPSA) is 83.6 Å². The quantitative estimate of drug-likeness (QED) is 0.350. The number of rotatable bonds is 6. The first-order valence-electron chi connectivity index (χ1n) is 12.3. The van der Waals surface area contributed by atoms with Gasteiger partial charge in [0.15, 0.2) is 9.84 Å². The van der Waals surface area contributed by atoms with Crippen LogP contribution in [0.1, 0.15) is 46.0 Å². The number of anilines is 1. The van der Waals surface area contributed by atoms with Crippen LogP contribution in [0.3, 0.4) is 0 Å². The van der Waals surface area contributed by atoms with Crippen LogP contribution in [-0.4, -0.2) is 38.2 Å². The zero-order valence-corrected chi connectivity index (χ0v) is 23.4. The van der Waals surface area contributed by atoms with Gasteiger partial charge in [0, 0.05) is 30.2 Å². The van der Waals surface area contributed by atoms with Gasteiger partial charge in [-0.3, -0.25) is 9.59 Å². The van der Waals surface area contributed by atoms with E-state index in [1.54, 1.807) is 48.5 Å². The fourth-order valence-electron chi connectivity index (χ4n) is 5.34. The highest BCUT2D eigenvalue weighted by molar-refractivity contribution is 7.91. The second-order valence-electron chi connectivity index (χ2n) is 9.70. The second-order valence-corrected chi connectivity index (χ2v) is 13.1. The number of carbonyl (C=O) groups is 2. The minimum Gasteiger partial charge on any atom is -0.342 e. The van der Waals surface area contributed by atoms with E-state index in [0.29, 0.717) is 48.6 Å². The Kier molecular flexibility index (Phi) is 7.74. The third-order valence-electron chi connectivity index (χ3n) is 7.15. The van der Waals surface area contributed by atoms with Gasteiger partial charge in [0.05, 0.1) is 25.8 Å². The monoisotopic (exact) mass is 590 g/mol. The SMILES string of the molecule is O=C(Nc1ccc2c(c1)C(S(=O)(=O)c1cccc(Cl)c1)CC(CN1CCCC1=O)C2)c1c(Cl)cccc1Cl. The average molecular weight is 592 g/mol. The zero-order chi connectivity index (χ0) is 27.0. The Bertz CT molecular complexity index is 1510. The fourth-order valence-corrected chi connectivity index (χ4v) is 8.13. The first kappa shape index (κ1) is 27.0. The minimum absolute atomic E-state index is 0.0223.